The van der Waals surface area contributed by atoms with E-state index in [9.17, 15) is 37.9 Å². The van der Waals surface area contributed by atoms with Crippen LogP contribution in [0.15, 0.2) is 0 Å². The molecule has 0 radical (unpaired) electrons. The number of ketones is 1. The van der Waals surface area contributed by atoms with Crippen LogP contribution in [0.5, 0.6) is 0 Å². The first-order valence-corrected chi connectivity index (χ1v) is 11.8. The number of carboxylic acid groups (broad SMARTS) is 1. The van der Waals surface area contributed by atoms with Gasteiger partial charge < -0.3 is 26.0 Å². The summed E-state index contributed by atoms with van der Waals surface area (Å²) in [4.78, 5) is 64.0. The highest BCUT2D eigenvalue weighted by Crippen LogP contribution is 2.29. The van der Waals surface area contributed by atoms with Crippen LogP contribution in [0.3, 0.4) is 0 Å². The largest absolute Gasteiger partial charge is 0.465 e. The molecule has 1 aliphatic heterocycles. The van der Waals surface area contributed by atoms with Gasteiger partial charge in [0.15, 0.2) is 0 Å². The molecule has 0 aromatic heterocycles. The Labute approximate surface area is 203 Å². The highest BCUT2D eigenvalue weighted by atomic mass is 19.3. The predicted molar refractivity (Wildman–Crippen MR) is 122 cm³/mol. The standard InChI is InChI=1S/C23H36F2N4O6/c1-12-9-11-29(20(33)17(22(2,3)4)28-21(34)35)15(12)18(31)27-14(8-10-23(5,24)25)16(30)19(32)26-13-6-7-13/h12-15,17,28H,6-11H2,1-5H3,(H,26,32)(H,27,31)(H,34,35)/t12?,14-,15?,17+/m0/s1. The fourth-order valence-corrected chi connectivity index (χ4v) is 4.10. The molecule has 4 N–H and O–H groups in total. The van der Waals surface area contributed by atoms with E-state index in [1.165, 1.54) is 4.90 Å². The first kappa shape index (κ1) is 28.4. The number of carbonyl (C=O) groups is 5. The number of hydrogen-bond donors (Lipinski definition) is 4. The lowest BCUT2D eigenvalue weighted by atomic mass is 9.85. The Hall–Kier alpha value is -2.79. The van der Waals surface area contributed by atoms with E-state index in [1.54, 1.807) is 27.7 Å². The maximum absolute atomic E-state index is 13.5. The zero-order valence-corrected chi connectivity index (χ0v) is 20.8. The van der Waals surface area contributed by atoms with E-state index >= 15 is 0 Å². The van der Waals surface area contributed by atoms with E-state index in [2.05, 4.69) is 16.0 Å². The van der Waals surface area contributed by atoms with Crippen molar-refractivity contribution in [3.63, 3.8) is 0 Å². The summed E-state index contributed by atoms with van der Waals surface area (Å²) in [7, 11) is 0. The fourth-order valence-electron chi connectivity index (χ4n) is 4.10. The number of halogens is 2. The number of hydrogen-bond acceptors (Lipinski definition) is 5. The Morgan fingerprint density at radius 1 is 1.03 bits per heavy atom. The molecule has 2 fully saturated rings. The fraction of sp³-hybridized carbons (Fsp3) is 0.783. The van der Waals surface area contributed by atoms with Crippen LogP contribution in [0, 0.1) is 11.3 Å². The third kappa shape index (κ3) is 8.14. The van der Waals surface area contributed by atoms with Crippen LogP contribution in [0.4, 0.5) is 13.6 Å². The molecule has 1 saturated heterocycles. The van der Waals surface area contributed by atoms with Gasteiger partial charge in [0.05, 0.1) is 6.04 Å². The molecule has 4 amide bonds. The minimum atomic E-state index is -3.11. The average Bonchev–Trinajstić information content (AvgIpc) is 3.44. The van der Waals surface area contributed by atoms with E-state index in [-0.39, 0.29) is 18.5 Å². The van der Waals surface area contributed by atoms with Crippen LogP contribution in [-0.2, 0) is 19.2 Å². The molecule has 1 heterocycles. The second-order valence-corrected chi connectivity index (χ2v) is 10.8. The van der Waals surface area contributed by atoms with Crippen LogP contribution < -0.4 is 16.0 Å². The summed E-state index contributed by atoms with van der Waals surface area (Å²) in [6.45, 7) is 7.63. The molecule has 2 unspecified atom stereocenters. The second-order valence-electron chi connectivity index (χ2n) is 10.8. The van der Waals surface area contributed by atoms with Crippen molar-refractivity contribution in [3.05, 3.63) is 0 Å². The molecule has 0 spiro atoms. The second kappa shape index (κ2) is 10.9. The van der Waals surface area contributed by atoms with Crippen molar-refractivity contribution >= 4 is 29.6 Å². The minimum Gasteiger partial charge on any atom is -0.465 e. The van der Waals surface area contributed by atoms with Crippen LogP contribution >= 0.6 is 0 Å². The number of nitrogens with zero attached hydrogens (tertiary/aromatic N) is 1. The van der Waals surface area contributed by atoms with Gasteiger partial charge in [-0.25, -0.2) is 13.6 Å². The van der Waals surface area contributed by atoms with Crippen LogP contribution in [-0.4, -0.2) is 76.2 Å². The average molecular weight is 503 g/mol. The number of Topliss-reactive ketones (excluding diaryl/α,β-unsaturated/α-hetero) is 1. The first-order chi connectivity index (χ1) is 16.0. The molecule has 198 valence electrons. The van der Waals surface area contributed by atoms with E-state index in [1.807, 2.05) is 0 Å². The molecule has 4 atom stereocenters. The number of rotatable bonds is 10. The van der Waals surface area contributed by atoms with Crippen molar-refractivity contribution in [3.8, 4) is 0 Å². The van der Waals surface area contributed by atoms with E-state index < -0.39 is 71.9 Å². The lowest BCUT2D eigenvalue weighted by Crippen LogP contribution is -2.59. The molecule has 12 heteroatoms. The minimum absolute atomic E-state index is 0.130. The number of amides is 4. The summed E-state index contributed by atoms with van der Waals surface area (Å²) >= 11 is 0. The molecule has 0 bridgehead atoms. The van der Waals surface area contributed by atoms with Crippen molar-refractivity contribution in [2.45, 2.75) is 96.8 Å². The van der Waals surface area contributed by atoms with Crippen molar-refractivity contribution in [2.24, 2.45) is 11.3 Å². The third-order valence-electron chi connectivity index (χ3n) is 6.27. The van der Waals surface area contributed by atoms with E-state index in [0.29, 0.717) is 13.3 Å². The van der Waals surface area contributed by atoms with Gasteiger partial charge in [0.2, 0.25) is 23.5 Å². The molecule has 1 aliphatic carbocycles. The Morgan fingerprint density at radius 2 is 1.63 bits per heavy atom. The van der Waals surface area contributed by atoms with Crippen molar-refractivity contribution in [1.82, 2.24) is 20.9 Å². The van der Waals surface area contributed by atoms with Gasteiger partial charge in [-0.1, -0.05) is 27.7 Å². The Bertz CT molecular complexity index is 850. The van der Waals surface area contributed by atoms with Crippen molar-refractivity contribution in [1.29, 1.82) is 0 Å². The Kier molecular flexibility index (Phi) is 8.83. The summed E-state index contributed by atoms with van der Waals surface area (Å²) in [6, 6.07) is -3.80. The van der Waals surface area contributed by atoms with E-state index in [4.69, 9.17) is 0 Å². The van der Waals surface area contributed by atoms with Crippen molar-refractivity contribution < 1.29 is 37.9 Å². The Morgan fingerprint density at radius 3 is 2.11 bits per heavy atom. The summed E-state index contributed by atoms with van der Waals surface area (Å²) < 4.78 is 27.0. The van der Waals surface area contributed by atoms with Crippen molar-refractivity contribution in [2.75, 3.05) is 6.54 Å². The number of carbonyl (C=O) groups excluding carboxylic acids is 4. The predicted octanol–water partition coefficient (Wildman–Crippen LogP) is 1.67. The molecular weight excluding hydrogens is 466 g/mol. The molecule has 2 aliphatic rings. The van der Waals surface area contributed by atoms with Gasteiger partial charge in [-0.15, -0.1) is 0 Å². The number of nitrogens with one attached hydrogen (secondary N) is 3. The molecule has 0 aromatic rings. The van der Waals surface area contributed by atoms with E-state index in [0.717, 1.165) is 12.8 Å². The zero-order valence-electron chi connectivity index (χ0n) is 20.8. The lowest BCUT2D eigenvalue weighted by Gasteiger charge is -2.35. The SMILES string of the molecule is CC1CCN(C(=O)[C@@H](NC(=O)O)C(C)(C)C)C1C(=O)N[C@@H](CCC(C)(F)F)C(=O)C(=O)NC1CC1. The maximum Gasteiger partial charge on any atom is 0.405 e. The van der Waals surface area contributed by atoms with Gasteiger partial charge in [-0.2, -0.15) is 0 Å². The topological polar surface area (TPSA) is 145 Å². The zero-order chi connectivity index (χ0) is 26.7. The normalized spacial score (nSPS) is 22.2. The smallest absolute Gasteiger partial charge is 0.405 e. The van der Waals surface area contributed by atoms with Crippen LogP contribution in [0.1, 0.15) is 66.7 Å². The quantitative estimate of drug-likeness (QED) is 0.335. The highest BCUT2D eigenvalue weighted by Gasteiger charge is 2.46. The van der Waals surface area contributed by atoms with Gasteiger partial charge in [0, 0.05) is 19.0 Å². The Balaban J connectivity index is 2.22. The summed E-state index contributed by atoms with van der Waals surface area (Å²) in [5.41, 5.74) is -0.797. The molecular formula is C23H36F2N4O6. The van der Waals surface area contributed by atoms with Gasteiger partial charge in [0.1, 0.15) is 12.1 Å². The summed E-state index contributed by atoms with van der Waals surface area (Å²) in [6.07, 6.45) is -0.677. The molecule has 2 rings (SSSR count). The van der Waals surface area contributed by atoms with Gasteiger partial charge in [-0.05, 0) is 43.9 Å². The number of likely N-dealkylation sites (tertiary alicyclic amines) is 1. The number of alkyl halides is 2. The highest BCUT2D eigenvalue weighted by molar-refractivity contribution is 6.38. The van der Waals surface area contributed by atoms with Crippen LogP contribution in [0.25, 0.3) is 0 Å². The molecule has 10 nitrogen and oxygen atoms in total. The lowest BCUT2D eigenvalue weighted by molar-refractivity contribution is -0.144. The van der Waals surface area contributed by atoms with Crippen LogP contribution in [0.2, 0.25) is 0 Å². The molecule has 0 aromatic carbocycles. The van der Waals surface area contributed by atoms with Gasteiger partial charge in [0.25, 0.3) is 5.91 Å². The summed E-state index contributed by atoms with van der Waals surface area (Å²) in [5, 5.41) is 16.3. The first-order valence-electron chi connectivity index (χ1n) is 11.8. The maximum atomic E-state index is 13.5. The summed E-state index contributed by atoms with van der Waals surface area (Å²) in [5.74, 6) is -6.75. The molecule has 1 saturated carbocycles. The molecule has 35 heavy (non-hydrogen) atoms. The van der Waals surface area contributed by atoms with Gasteiger partial charge >= 0.3 is 6.09 Å². The third-order valence-corrected chi connectivity index (χ3v) is 6.27. The monoisotopic (exact) mass is 502 g/mol. The van der Waals surface area contributed by atoms with Gasteiger partial charge in [-0.3, -0.25) is 19.2 Å².